The number of nitrogens with one attached hydrogen (secondary N) is 1. The second-order valence-electron chi connectivity index (χ2n) is 2.20. The zero-order chi connectivity index (χ0) is 7.28. The van der Waals surface area contributed by atoms with E-state index in [1.54, 1.807) is 0 Å². The number of rotatable bonds is 0. The lowest BCUT2D eigenvalue weighted by molar-refractivity contribution is 0.587. The van der Waals surface area contributed by atoms with E-state index in [2.05, 4.69) is 12.2 Å². The van der Waals surface area contributed by atoms with Crippen molar-refractivity contribution in [2.75, 3.05) is 6.54 Å². The third-order valence-corrected chi connectivity index (χ3v) is 1.59. The average Bonchev–Trinajstić information content (AvgIpc) is 2.23. The Labute approximate surface area is 57.8 Å². The van der Waals surface area contributed by atoms with E-state index in [9.17, 15) is 0 Å². The van der Waals surface area contributed by atoms with Crippen molar-refractivity contribution in [2.24, 2.45) is 5.73 Å². The monoisotopic (exact) mass is 130 g/mol. The van der Waals surface area contributed by atoms with Crippen molar-refractivity contribution in [3.05, 3.63) is 0 Å². The maximum Gasteiger partial charge on any atom is 0.0203 e. The van der Waals surface area contributed by atoms with Crippen LogP contribution in [0.4, 0.5) is 0 Å². The molecule has 2 atom stereocenters. The third-order valence-electron chi connectivity index (χ3n) is 1.59. The largest absolute Gasteiger partial charge is 0.326 e. The molecule has 1 heterocycles. The van der Waals surface area contributed by atoms with Gasteiger partial charge in [-0.3, -0.25) is 0 Å². The van der Waals surface area contributed by atoms with Gasteiger partial charge in [-0.05, 0) is 19.9 Å². The zero-order valence-corrected chi connectivity index (χ0v) is 6.65. The topological polar surface area (TPSA) is 38.0 Å². The average molecular weight is 130 g/mol. The molecule has 0 radical (unpaired) electrons. The van der Waals surface area contributed by atoms with Crippen molar-refractivity contribution in [1.82, 2.24) is 5.32 Å². The van der Waals surface area contributed by atoms with Gasteiger partial charge in [0.25, 0.3) is 0 Å². The predicted molar refractivity (Wildman–Crippen MR) is 41.4 cm³/mol. The van der Waals surface area contributed by atoms with Crippen LogP contribution in [0.5, 0.6) is 0 Å². The van der Waals surface area contributed by atoms with E-state index in [0.717, 1.165) is 13.0 Å². The summed E-state index contributed by atoms with van der Waals surface area (Å²) in [7, 11) is 0. The molecule has 2 unspecified atom stereocenters. The molecule has 0 saturated carbocycles. The molecule has 0 amide bonds. The van der Waals surface area contributed by atoms with Crippen LogP contribution in [-0.2, 0) is 0 Å². The van der Waals surface area contributed by atoms with Crippen molar-refractivity contribution in [3.63, 3.8) is 0 Å². The molecular weight excluding hydrogens is 112 g/mol. The van der Waals surface area contributed by atoms with E-state index in [0.29, 0.717) is 12.1 Å². The van der Waals surface area contributed by atoms with Crippen LogP contribution in [0.2, 0.25) is 0 Å². The van der Waals surface area contributed by atoms with E-state index >= 15 is 0 Å². The van der Waals surface area contributed by atoms with E-state index in [-0.39, 0.29) is 0 Å². The lowest BCUT2D eigenvalue weighted by atomic mass is 10.2. The standard InChI is InChI=1S/C5H12N2.C2H6/c1-4-5(6)2-3-7-4;1-2/h4-5,7H,2-3,6H2,1H3;1-2H3. The molecular formula is C7H18N2. The normalized spacial score (nSPS) is 33.3. The molecule has 9 heavy (non-hydrogen) atoms. The van der Waals surface area contributed by atoms with Gasteiger partial charge in [-0.15, -0.1) is 0 Å². The Morgan fingerprint density at radius 1 is 1.44 bits per heavy atom. The minimum Gasteiger partial charge on any atom is -0.326 e. The Morgan fingerprint density at radius 3 is 2.11 bits per heavy atom. The third kappa shape index (κ3) is 2.82. The highest BCUT2D eigenvalue weighted by Crippen LogP contribution is 2.00. The van der Waals surface area contributed by atoms with Crippen LogP contribution in [-0.4, -0.2) is 18.6 Å². The molecule has 0 aromatic carbocycles. The highest BCUT2D eigenvalue weighted by molar-refractivity contribution is 4.82. The van der Waals surface area contributed by atoms with Gasteiger partial charge < -0.3 is 11.1 Å². The molecule has 1 aliphatic rings. The summed E-state index contributed by atoms with van der Waals surface area (Å²) < 4.78 is 0. The summed E-state index contributed by atoms with van der Waals surface area (Å²) in [6.07, 6.45) is 1.14. The molecule has 0 bridgehead atoms. The Balaban J connectivity index is 0.000000291. The van der Waals surface area contributed by atoms with Crippen LogP contribution < -0.4 is 11.1 Å². The summed E-state index contributed by atoms with van der Waals surface area (Å²) in [5.74, 6) is 0. The second-order valence-corrected chi connectivity index (χ2v) is 2.20. The molecule has 0 aliphatic carbocycles. The van der Waals surface area contributed by atoms with Gasteiger partial charge in [0.1, 0.15) is 0 Å². The van der Waals surface area contributed by atoms with Crippen molar-refractivity contribution in [2.45, 2.75) is 39.3 Å². The van der Waals surface area contributed by atoms with Crippen molar-refractivity contribution >= 4 is 0 Å². The van der Waals surface area contributed by atoms with Gasteiger partial charge in [0, 0.05) is 12.1 Å². The van der Waals surface area contributed by atoms with Crippen LogP contribution in [0.3, 0.4) is 0 Å². The second kappa shape index (κ2) is 4.77. The molecule has 0 spiro atoms. The maximum atomic E-state index is 5.62. The number of nitrogens with two attached hydrogens (primary N) is 1. The highest BCUT2D eigenvalue weighted by Gasteiger charge is 2.17. The summed E-state index contributed by atoms with van der Waals surface area (Å²) in [4.78, 5) is 0. The minimum absolute atomic E-state index is 0.403. The highest BCUT2D eigenvalue weighted by atomic mass is 15.0. The lowest BCUT2D eigenvalue weighted by Gasteiger charge is -2.06. The van der Waals surface area contributed by atoms with Gasteiger partial charge in [-0.2, -0.15) is 0 Å². The van der Waals surface area contributed by atoms with E-state index in [1.807, 2.05) is 13.8 Å². The molecule has 1 saturated heterocycles. The van der Waals surface area contributed by atoms with Crippen LogP contribution in [0.15, 0.2) is 0 Å². The molecule has 56 valence electrons. The summed E-state index contributed by atoms with van der Waals surface area (Å²) in [5.41, 5.74) is 5.62. The van der Waals surface area contributed by atoms with Crippen molar-refractivity contribution < 1.29 is 0 Å². The Hall–Kier alpha value is -0.0800. The molecule has 1 fully saturated rings. The Morgan fingerprint density at radius 2 is 2.00 bits per heavy atom. The van der Waals surface area contributed by atoms with E-state index in [1.165, 1.54) is 0 Å². The molecule has 2 heteroatoms. The first-order valence-corrected chi connectivity index (χ1v) is 3.79. The fourth-order valence-corrected chi connectivity index (χ4v) is 0.879. The van der Waals surface area contributed by atoms with Gasteiger partial charge in [-0.1, -0.05) is 13.8 Å². The Kier molecular flexibility index (Phi) is 4.72. The molecule has 0 aromatic heterocycles. The summed E-state index contributed by atoms with van der Waals surface area (Å²) in [6.45, 7) is 7.22. The van der Waals surface area contributed by atoms with E-state index in [4.69, 9.17) is 5.73 Å². The van der Waals surface area contributed by atoms with Gasteiger partial charge in [0.05, 0.1) is 0 Å². The molecule has 1 rings (SSSR count). The van der Waals surface area contributed by atoms with Crippen molar-refractivity contribution in [3.8, 4) is 0 Å². The lowest BCUT2D eigenvalue weighted by Crippen LogP contribution is -2.32. The van der Waals surface area contributed by atoms with Crippen LogP contribution in [0, 0.1) is 0 Å². The first-order chi connectivity index (χ1) is 4.30. The SMILES string of the molecule is CC.CC1NCCC1N. The zero-order valence-electron chi connectivity index (χ0n) is 6.65. The van der Waals surface area contributed by atoms with Crippen LogP contribution in [0.25, 0.3) is 0 Å². The smallest absolute Gasteiger partial charge is 0.0203 e. The van der Waals surface area contributed by atoms with Gasteiger partial charge in [-0.25, -0.2) is 0 Å². The summed E-state index contributed by atoms with van der Waals surface area (Å²) in [6, 6.07) is 0.944. The Bertz CT molecular complexity index is 55.9. The maximum absolute atomic E-state index is 5.62. The summed E-state index contributed by atoms with van der Waals surface area (Å²) in [5, 5.41) is 3.24. The first-order valence-electron chi connectivity index (χ1n) is 3.79. The predicted octanol–water partition coefficient (Wildman–Crippen LogP) is 0.722. The fourth-order valence-electron chi connectivity index (χ4n) is 0.879. The number of hydrogen-bond acceptors (Lipinski definition) is 2. The quantitative estimate of drug-likeness (QED) is 0.507. The molecule has 0 aromatic rings. The van der Waals surface area contributed by atoms with E-state index < -0.39 is 0 Å². The van der Waals surface area contributed by atoms with Crippen LogP contribution >= 0.6 is 0 Å². The first kappa shape index (κ1) is 8.92. The van der Waals surface area contributed by atoms with Crippen molar-refractivity contribution in [1.29, 1.82) is 0 Å². The number of hydrogen-bond donors (Lipinski definition) is 2. The van der Waals surface area contributed by atoms with Gasteiger partial charge in [0.15, 0.2) is 0 Å². The summed E-state index contributed by atoms with van der Waals surface area (Å²) >= 11 is 0. The van der Waals surface area contributed by atoms with Gasteiger partial charge in [0.2, 0.25) is 0 Å². The van der Waals surface area contributed by atoms with Gasteiger partial charge >= 0.3 is 0 Å². The molecule has 2 nitrogen and oxygen atoms in total. The minimum atomic E-state index is 0.403. The van der Waals surface area contributed by atoms with Crippen LogP contribution in [0.1, 0.15) is 27.2 Å². The molecule has 3 N–H and O–H groups in total. The molecule has 1 aliphatic heterocycles. The fraction of sp³-hybridized carbons (Fsp3) is 1.00.